The van der Waals surface area contributed by atoms with E-state index in [2.05, 4.69) is 18.7 Å². The predicted molar refractivity (Wildman–Crippen MR) is 57.1 cm³/mol. The van der Waals surface area contributed by atoms with Gasteiger partial charge in [0.25, 0.3) is 0 Å². The highest BCUT2D eigenvalue weighted by molar-refractivity contribution is 4.97. The fourth-order valence-corrected chi connectivity index (χ4v) is 2.87. The molecule has 1 saturated carbocycles. The van der Waals surface area contributed by atoms with Crippen molar-refractivity contribution in [1.82, 2.24) is 4.90 Å². The Morgan fingerprint density at radius 2 is 2.14 bits per heavy atom. The first-order valence-corrected chi connectivity index (χ1v) is 5.96. The third kappa shape index (κ3) is 2.47. The summed E-state index contributed by atoms with van der Waals surface area (Å²) in [5.41, 5.74) is 0.582. The molecule has 0 amide bonds. The third-order valence-electron chi connectivity index (χ3n) is 3.57. The minimum Gasteiger partial charge on any atom is -0.300 e. The zero-order valence-electron chi connectivity index (χ0n) is 9.43. The van der Waals surface area contributed by atoms with Gasteiger partial charge in [0.2, 0.25) is 0 Å². The van der Waals surface area contributed by atoms with Crippen LogP contribution in [0.2, 0.25) is 0 Å². The average Bonchev–Trinajstić information content (AvgIpc) is 2.67. The van der Waals surface area contributed by atoms with Gasteiger partial charge in [-0.2, -0.15) is 0 Å². The Labute approximate surface area is 86.7 Å². The first kappa shape index (κ1) is 10.4. The molecule has 1 aliphatic carbocycles. The van der Waals surface area contributed by atoms with Crippen LogP contribution in [0.1, 0.15) is 39.5 Å². The van der Waals surface area contributed by atoms with Crippen LogP contribution in [0.3, 0.4) is 0 Å². The molecule has 1 aliphatic heterocycles. The molecule has 0 aromatic carbocycles. The lowest BCUT2D eigenvalue weighted by Gasteiger charge is -2.24. The van der Waals surface area contributed by atoms with E-state index in [4.69, 9.17) is 0 Å². The number of alkyl halides is 1. The lowest BCUT2D eigenvalue weighted by molar-refractivity contribution is 0.221. The molecule has 1 heterocycles. The van der Waals surface area contributed by atoms with Crippen LogP contribution in [0, 0.1) is 11.3 Å². The standard InChI is InChI=1S/C12H22FN/c1-10(2)7-12(4-5-12)9-14-6-3-11(13)8-14/h10-11H,3-9H2,1-2H3/t11-/m0/s1. The zero-order chi connectivity index (χ0) is 10.2. The van der Waals surface area contributed by atoms with Crippen molar-refractivity contribution in [1.29, 1.82) is 0 Å². The molecule has 1 nitrogen and oxygen atoms in total. The van der Waals surface area contributed by atoms with E-state index in [-0.39, 0.29) is 0 Å². The molecule has 1 saturated heterocycles. The van der Waals surface area contributed by atoms with E-state index in [9.17, 15) is 4.39 Å². The minimum atomic E-state index is -0.551. The van der Waals surface area contributed by atoms with E-state index in [0.717, 1.165) is 25.4 Å². The van der Waals surface area contributed by atoms with Crippen molar-refractivity contribution in [3.63, 3.8) is 0 Å². The van der Waals surface area contributed by atoms with Gasteiger partial charge in [0.1, 0.15) is 6.17 Å². The summed E-state index contributed by atoms with van der Waals surface area (Å²) in [6.07, 6.45) is 4.29. The van der Waals surface area contributed by atoms with E-state index in [1.807, 2.05) is 0 Å². The van der Waals surface area contributed by atoms with Gasteiger partial charge in [0.05, 0.1) is 0 Å². The van der Waals surface area contributed by atoms with Crippen molar-refractivity contribution in [3.8, 4) is 0 Å². The van der Waals surface area contributed by atoms with E-state index >= 15 is 0 Å². The van der Waals surface area contributed by atoms with Crippen LogP contribution in [0.5, 0.6) is 0 Å². The molecule has 0 spiro atoms. The molecular formula is C12H22FN. The number of halogens is 1. The Bertz CT molecular complexity index is 198. The quantitative estimate of drug-likeness (QED) is 0.673. The van der Waals surface area contributed by atoms with E-state index < -0.39 is 6.17 Å². The van der Waals surface area contributed by atoms with Crippen LogP contribution >= 0.6 is 0 Å². The maximum atomic E-state index is 13.0. The van der Waals surface area contributed by atoms with Gasteiger partial charge in [-0.05, 0) is 37.0 Å². The summed E-state index contributed by atoms with van der Waals surface area (Å²) < 4.78 is 13.0. The van der Waals surface area contributed by atoms with Gasteiger partial charge in [0.15, 0.2) is 0 Å². The molecule has 0 aromatic heterocycles. The van der Waals surface area contributed by atoms with Gasteiger partial charge in [-0.15, -0.1) is 0 Å². The molecule has 2 heteroatoms. The monoisotopic (exact) mass is 199 g/mol. The second-order valence-electron chi connectivity index (χ2n) is 5.72. The van der Waals surface area contributed by atoms with Gasteiger partial charge in [-0.25, -0.2) is 4.39 Å². The lowest BCUT2D eigenvalue weighted by Crippen LogP contribution is -2.29. The Morgan fingerprint density at radius 1 is 1.43 bits per heavy atom. The Hall–Kier alpha value is -0.110. The zero-order valence-corrected chi connectivity index (χ0v) is 9.43. The molecule has 0 bridgehead atoms. The van der Waals surface area contributed by atoms with Crippen LogP contribution in [0.4, 0.5) is 4.39 Å². The summed E-state index contributed by atoms with van der Waals surface area (Å²) in [7, 11) is 0. The molecule has 0 N–H and O–H groups in total. The van der Waals surface area contributed by atoms with Crippen molar-refractivity contribution < 1.29 is 4.39 Å². The van der Waals surface area contributed by atoms with Crippen LogP contribution in [0.25, 0.3) is 0 Å². The van der Waals surface area contributed by atoms with Crippen molar-refractivity contribution in [3.05, 3.63) is 0 Å². The highest BCUT2D eigenvalue weighted by Crippen LogP contribution is 2.51. The van der Waals surface area contributed by atoms with Crippen LogP contribution < -0.4 is 0 Å². The molecule has 0 unspecified atom stereocenters. The average molecular weight is 199 g/mol. The number of likely N-dealkylation sites (tertiary alicyclic amines) is 1. The molecule has 2 aliphatic rings. The van der Waals surface area contributed by atoms with Gasteiger partial charge in [-0.1, -0.05) is 13.8 Å². The SMILES string of the molecule is CC(C)CC1(CN2CC[C@H](F)C2)CC1. The smallest absolute Gasteiger partial charge is 0.114 e. The molecular weight excluding hydrogens is 177 g/mol. The largest absolute Gasteiger partial charge is 0.300 e. The predicted octanol–water partition coefficient (Wildman–Crippen LogP) is 2.86. The Kier molecular flexibility index (Phi) is 2.83. The Balaban J connectivity index is 1.79. The van der Waals surface area contributed by atoms with Gasteiger partial charge >= 0.3 is 0 Å². The summed E-state index contributed by atoms with van der Waals surface area (Å²) >= 11 is 0. The fraction of sp³-hybridized carbons (Fsp3) is 1.00. The maximum absolute atomic E-state index is 13.0. The number of rotatable bonds is 4. The number of hydrogen-bond acceptors (Lipinski definition) is 1. The van der Waals surface area contributed by atoms with E-state index in [0.29, 0.717) is 12.0 Å². The topological polar surface area (TPSA) is 3.24 Å². The first-order chi connectivity index (χ1) is 6.60. The second kappa shape index (κ2) is 3.80. The highest BCUT2D eigenvalue weighted by atomic mass is 19.1. The summed E-state index contributed by atoms with van der Waals surface area (Å²) in [5.74, 6) is 0.793. The molecule has 82 valence electrons. The molecule has 14 heavy (non-hydrogen) atoms. The molecule has 2 fully saturated rings. The molecule has 0 aromatic rings. The summed E-state index contributed by atoms with van der Waals surface area (Å²) in [6.45, 7) is 7.43. The fourth-order valence-electron chi connectivity index (χ4n) is 2.87. The number of nitrogens with zero attached hydrogens (tertiary/aromatic N) is 1. The highest BCUT2D eigenvalue weighted by Gasteiger charge is 2.44. The summed E-state index contributed by atoms with van der Waals surface area (Å²) in [4.78, 5) is 2.33. The maximum Gasteiger partial charge on any atom is 0.114 e. The summed E-state index contributed by atoms with van der Waals surface area (Å²) in [6, 6.07) is 0. The van der Waals surface area contributed by atoms with Gasteiger partial charge in [0, 0.05) is 19.6 Å². The van der Waals surface area contributed by atoms with Crippen LogP contribution in [0.15, 0.2) is 0 Å². The second-order valence-corrected chi connectivity index (χ2v) is 5.72. The Morgan fingerprint density at radius 3 is 2.57 bits per heavy atom. The number of hydrogen-bond donors (Lipinski definition) is 0. The molecule has 2 rings (SSSR count). The van der Waals surface area contributed by atoms with Crippen LogP contribution in [-0.4, -0.2) is 30.7 Å². The molecule has 0 radical (unpaired) electrons. The normalized spacial score (nSPS) is 31.3. The van der Waals surface area contributed by atoms with Gasteiger partial charge < -0.3 is 0 Å². The van der Waals surface area contributed by atoms with Crippen LogP contribution in [-0.2, 0) is 0 Å². The van der Waals surface area contributed by atoms with E-state index in [1.54, 1.807) is 0 Å². The van der Waals surface area contributed by atoms with Crippen molar-refractivity contribution in [2.45, 2.75) is 45.7 Å². The summed E-state index contributed by atoms with van der Waals surface area (Å²) in [5, 5.41) is 0. The van der Waals surface area contributed by atoms with E-state index in [1.165, 1.54) is 19.3 Å². The van der Waals surface area contributed by atoms with Crippen molar-refractivity contribution in [2.24, 2.45) is 11.3 Å². The van der Waals surface area contributed by atoms with Crippen molar-refractivity contribution in [2.75, 3.05) is 19.6 Å². The van der Waals surface area contributed by atoms with Crippen molar-refractivity contribution >= 4 is 0 Å². The minimum absolute atomic E-state index is 0.551. The molecule has 1 atom stereocenters. The van der Waals surface area contributed by atoms with Gasteiger partial charge in [-0.3, -0.25) is 4.90 Å². The lowest BCUT2D eigenvalue weighted by atomic mass is 9.94. The first-order valence-electron chi connectivity index (χ1n) is 5.96. The third-order valence-corrected chi connectivity index (χ3v) is 3.57.